The van der Waals surface area contributed by atoms with Crippen LogP contribution >= 0.6 is 11.6 Å². The molecule has 34 heavy (non-hydrogen) atoms. The Balaban J connectivity index is 1.47. The van der Waals surface area contributed by atoms with Gasteiger partial charge in [0.25, 0.3) is 5.91 Å². The molecule has 0 radical (unpaired) electrons. The van der Waals surface area contributed by atoms with E-state index in [1.165, 1.54) is 6.26 Å². The maximum atomic E-state index is 12.9. The van der Waals surface area contributed by atoms with Crippen LogP contribution in [0.2, 0.25) is 5.02 Å². The first-order chi connectivity index (χ1) is 16.2. The van der Waals surface area contributed by atoms with E-state index in [1.807, 2.05) is 45.9 Å². The summed E-state index contributed by atoms with van der Waals surface area (Å²) in [5.41, 5.74) is 4.55. The molecular weight excluding hydrogens is 454 g/mol. The molecule has 0 aliphatic carbocycles. The molecule has 0 spiro atoms. The molecular formula is C27H24ClNO5. The Morgan fingerprint density at radius 2 is 1.68 bits per heavy atom. The van der Waals surface area contributed by atoms with Crippen molar-refractivity contribution in [3.05, 3.63) is 92.3 Å². The van der Waals surface area contributed by atoms with Gasteiger partial charge in [0.15, 0.2) is 6.61 Å². The topological polar surface area (TPSA) is 77.8 Å². The van der Waals surface area contributed by atoms with Gasteiger partial charge in [-0.1, -0.05) is 29.3 Å². The second kappa shape index (κ2) is 9.61. The number of hydrogen-bond donors (Lipinski definition) is 1. The van der Waals surface area contributed by atoms with Gasteiger partial charge in [0.2, 0.25) is 11.2 Å². The molecule has 0 fully saturated rings. The van der Waals surface area contributed by atoms with Gasteiger partial charge in [-0.05, 0) is 74.7 Å². The molecule has 4 aromatic rings. The van der Waals surface area contributed by atoms with E-state index in [2.05, 4.69) is 5.32 Å². The summed E-state index contributed by atoms with van der Waals surface area (Å²) in [7, 11) is 0. The number of fused-ring (bicyclic) bond motifs is 1. The summed E-state index contributed by atoms with van der Waals surface area (Å²) in [4.78, 5) is 25.2. The van der Waals surface area contributed by atoms with Gasteiger partial charge in [-0.3, -0.25) is 9.59 Å². The summed E-state index contributed by atoms with van der Waals surface area (Å²) >= 11 is 6.20. The first kappa shape index (κ1) is 23.4. The van der Waals surface area contributed by atoms with Gasteiger partial charge in [-0.25, -0.2) is 0 Å². The number of rotatable bonds is 6. The number of anilines is 1. The Labute approximate surface area is 202 Å². The van der Waals surface area contributed by atoms with Crippen LogP contribution in [0, 0.1) is 27.7 Å². The fourth-order valence-corrected chi connectivity index (χ4v) is 3.74. The smallest absolute Gasteiger partial charge is 0.262 e. The molecule has 1 aromatic heterocycles. The fourth-order valence-electron chi connectivity index (χ4n) is 3.63. The third-order valence-corrected chi connectivity index (χ3v) is 5.97. The van der Waals surface area contributed by atoms with Crippen LogP contribution in [-0.2, 0) is 4.79 Å². The second-order valence-corrected chi connectivity index (χ2v) is 8.59. The van der Waals surface area contributed by atoms with Gasteiger partial charge in [-0.2, -0.15) is 0 Å². The molecule has 0 saturated heterocycles. The summed E-state index contributed by atoms with van der Waals surface area (Å²) in [5, 5.41) is 3.83. The Hall–Kier alpha value is -3.77. The summed E-state index contributed by atoms with van der Waals surface area (Å²) < 4.78 is 17.0. The lowest BCUT2D eigenvalue weighted by atomic mass is 10.1. The lowest BCUT2D eigenvalue weighted by Gasteiger charge is -2.11. The molecule has 0 unspecified atom stereocenters. The highest BCUT2D eigenvalue weighted by Crippen LogP contribution is 2.29. The number of carbonyl (C=O) groups excluding carboxylic acids is 1. The van der Waals surface area contributed by atoms with E-state index in [4.69, 9.17) is 25.5 Å². The first-order valence-corrected chi connectivity index (χ1v) is 11.1. The molecule has 1 amide bonds. The van der Waals surface area contributed by atoms with Crippen molar-refractivity contribution in [2.45, 2.75) is 27.7 Å². The van der Waals surface area contributed by atoms with Crippen molar-refractivity contribution in [2.75, 3.05) is 11.9 Å². The monoisotopic (exact) mass is 477 g/mol. The zero-order valence-electron chi connectivity index (χ0n) is 19.3. The van der Waals surface area contributed by atoms with Crippen molar-refractivity contribution in [2.24, 2.45) is 0 Å². The zero-order chi connectivity index (χ0) is 24.4. The van der Waals surface area contributed by atoms with Crippen LogP contribution in [0.15, 0.2) is 64.0 Å². The number of aryl methyl sites for hydroxylation is 4. The van der Waals surface area contributed by atoms with Crippen molar-refractivity contribution in [3.63, 3.8) is 0 Å². The number of halogens is 1. The maximum Gasteiger partial charge on any atom is 0.262 e. The number of ether oxygens (including phenoxy) is 2. The molecule has 174 valence electrons. The Morgan fingerprint density at radius 1 is 0.941 bits per heavy atom. The number of carbonyl (C=O) groups is 1. The van der Waals surface area contributed by atoms with Crippen LogP contribution in [-0.4, -0.2) is 12.5 Å². The second-order valence-electron chi connectivity index (χ2n) is 8.22. The third-order valence-electron chi connectivity index (χ3n) is 5.38. The lowest BCUT2D eigenvalue weighted by Crippen LogP contribution is -2.20. The normalized spacial score (nSPS) is 10.9. The lowest BCUT2D eigenvalue weighted by molar-refractivity contribution is -0.118. The highest BCUT2D eigenvalue weighted by atomic mass is 35.5. The molecule has 0 aliphatic heterocycles. The van der Waals surface area contributed by atoms with Crippen molar-refractivity contribution in [1.82, 2.24) is 0 Å². The Kier molecular flexibility index (Phi) is 6.61. The van der Waals surface area contributed by atoms with E-state index >= 15 is 0 Å². The largest absolute Gasteiger partial charge is 0.484 e. The summed E-state index contributed by atoms with van der Waals surface area (Å²) in [6, 6.07) is 14.1. The van der Waals surface area contributed by atoms with Gasteiger partial charge in [0, 0.05) is 16.8 Å². The first-order valence-electron chi connectivity index (χ1n) is 10.7. The number of nitrogens with one attached hydrogen (secondary N) is 1. The van der Waals surface area contributed by atoms with Crippen LogP contribution in [0.4, 0.5) is 5.69 Å². The molecule has 0 atom stereocenters. The van der Waals surface area contributed by atoms with E-state index in [1.54, 1.807) is 30.3 Å². The van der Waals surface area contributed by atoms with Gasteiger partial charge < -0.3 is 19.2 Å². The molecule has 3 aromatic carbocycles. The molecule has 0 bridgehead atoms. The Bertz CT molecular complexity index is 1430. The molecule has 6 nitrogen and oxygen atoms in total. The van der Waals surface area contributed by atoms with Gasteiger partial charge in [0.1, 0.15) is 23.3 Å². The molecule has 0 aliphatic rings. The average Bonchev–Trinajstić information content (AvgIpc) is 2.80. The molecule has 7 heteroatoms. The molecule has 1 N–H and O–H groups in total. The minimum atomic E-state index is -0.314. The van der Waals surface area contributed by atoms with Crippen LogP contribution in [0.5, 0.6) is 17.2 Å². The van der Waals surface area contributed by atoms with Gasteiger partial charge in [-0.15, -0.1) is 0 Å². The molecule has 1 heterocycles. The zero-order valence-corrected chi connectivity index (χ0v) is 20.1. The SMILES string of the molecule is Cc1ccc(NC(=O)COc2ccc3c(=O)c(Oc4cc(C)c(Cl)c(C)c4)coc3c2)c(C)c1. The van der Waals surface area contributed by atoms with E-state index in [9.17, 15) is 9.59 Å². The summed E-state index contributed by atoms with van der Waals surface area (Å²) in [6.07, 6.45) is 1.26. The van der Waals surface area contributed by atoms with E-state index in [-0.39, 0.29) is 23.7 Å². The maximum absolute atomic E-state index is 12.9. The fraction of sp³-hybridized carbons (Fsp3) is 0.185. The van der Waals surface area contributed by atoms with Gasteiger partial charge in [0.05, 0.1) is 5.39 Å². The quantitative estimate of drug-likeness (QED) is 0.343. The summed E-state index contributed by atoms with van der Waals surface area (Å²) in [6.45, 7) is 7.49. The van der Waals surface area contributed by atoms with Crippen LogP contribution in [0.3, 0.4) is 0 Å². The Morgan fingerprint density at radius 3 is 2.38 bits per heavy atom. The van der Waals surface area contributed by atoms with E-state index in [0.29, 0.717) is 27.5 Å². The van der Waals surface area contributed by atoms with Gasteiger partial charge >= 0.3 is 0 Å². The van der Waals surface area contributed by atoms with Crippen molar-refractivity contribution in [3.8, 4) is 17.2 Å². The number of benzene rings is 3. The molecule has 0 saturated carbocycles. The van der Waals surface area contributed by atoms with E-state index < -0.39 is 0 Å². The van der Waals surface area contributed by atoms with Crippen LogP contribution in [0.1, 0.15) is 22.3 Å². The van der Waals surface area contributed by atoms with Crippen molar-refractivity contribution < 1.29 is 18.7 Å². The third kappa shape index (κ3) is 5.07. The minimum absolute atomic E-state index is 0.0649. The van der Waals surface area contributed by atoms with Crippen molar-refractivity contribution >= 4 is 34.2 Å². The highest BCUT2D eigenvalue weighted by Gasteiger charge is 2.13. The van der Waals surface area contributed by atoms with Crippen LogP contribution < -0.4 is 20.2 Å². The standard InChI is InChI=1S/C27H24ClNO5/c1-15-5-8-22(16(2)9-15)29-25(30)14-32-19-6-7-21-23(12-19)33-13-24(27(21)31)34-20-10-17(3)26(28)18(4)11-20/h5-13H,14H2,1-4H3,(H,29,30). The number of hydrogen-bond acceptors (Lipinski definition) is 5. The predicted molar refractivity (Wildman–Crippen MR) is 134 cm³/mol. The average molecular weight is 478 g/mol. The van der Waals surface area contributed by atoms with E-state index in [0.717, 1.165) is 27.9 Å². The van der Waals surface area contributed by atoms with Crippen LogP contribution in [0.25, 0.3) is 11.0 Å². The highest BCUT2D eigenvalue weighted by molar-refractivity contribution is 6.32. The van der Waals surface area contributed by atoms with Crippen molar-refractivity contribution in [1.29, 1.82) is 0 Å². The summed E-state index contributed by atoms with van der Waals surface area (Å²) in [5.74, 6) is 0.686. The minimum Gasteiger partial charge on any atom is -0.484 e. The predicted octanol–water partition coefficient (Wildman–Crippen LogP) is 6.49. The molecule has 4 rings (SSSR count). The number of amides is 1.